The van der Waals surface area contributed by atoms with E-state index >= 15 is 0 Å². The maximum Gasteiger partial charge on any atom is 0.0443 e. The van der Waals surface area contributed by atoms with Crippen LogP contribution in [0.25, 0.3) is 0 Å². The molecule has 0 bridgehead atoms. The van der Waals surface area contributed by atoms with Crippen molar-refractivity contribution in [2.24, 2.45) is 11.3 Å². The lowest BCUT2D eigenvalue weighted by Gasteiger charge is -2.45. The van der Waals surface area contributed by atoms with Crippen LogP contribution < -0.4 is 5.32 Å². The quantitative estimate of drug-likeness (QED) is 0.753. The van der Waals surface area contributed by atoms with Crippen LogP contribution in [0, 0.1) is 11.3 Å². The van der Waals surface area contributed by atoms with Crippen LogP contribution >= 0.6 is 0 Å². The average Bonchev–Trinajstić information content (AvgIpc) is 2.33. The molecule has 2 rings (SSSR count). The molecule has 20 heavy (non-hydrogen) atoms. The zero-order chi connectivity index (χ0) is 14.6. The van der Waals surface area contributed by atoms with Gasteiger partial charge in [0.05, 0.1) is 0 Å². The fourth-order valence-electron chi connectivity index (χ4n) is 4.06. The van der Waals surface area contributed by atoms with E-state index in [1.165, 1.54) is 45.1 Å². The van der Waals surface area contributed by atoms with E-state index in [9.17, 15) is 0 Å². The molecule has 0 amide bonds. The molecule has 2 aliphatic carbocycles. The maximum absolute atomic E-state index is 9.14. The molecule has 0 aliphatic heterocycles. The molecule has 0 heterocycles. The van der Waals surface area contributed by atoms with E-state index < -0.39 is 0 Å². The highest BCUT2D eigenvalue weighted by Crippen LogP contribution is 2.39. The Kier molecular flexibility index (Phi) is 5.88. The summed E-state index contributed by atoms with van der Waals surface area (Å²) in [5.74, 6) is 0.767. The lowest BCUT2D eigenvalue weighted by Crippen LogP contribution is -2.50. The van der Waals surface area contributed by atoms with E-state index in [-0.39, 0.29) is 0 Å². The molecule has 118 valence electrons. The van der Waals surface area contributed by atoms with Gasteiger partial charge in [-0.05, 0) is 56.9 Å². The Balaban J connectivity index is 1.94. The molecule has 2 atom stereocenters. The van der Waals surface area contributed by atoms with Crippen molar-refractivity contribution in [2.75, 3.05) is 26.7 Å². The van der Waals surface area contributed by atoms with E-state index in [0.29, 0.717) is 18.1 Å². The van der Waals surface area contributed by atoms with Crippen LogP contribution in [0.1, 0.15) is 58.8 Å². The molecule has 0 aromatic carbocycles. The predicted molar refractivity (Wildman–Crippen MR) is 84.9 cm³/mol. The monoisotopic (exact) mass is 282 g/mol. The molecule has 3 nitrogen and oxygen atoms in total. The Morgan fingerprint density at radius 2 is 2.00 bits per heavy atom. The number of hydrogen-bond donors (Lipinski definition) is 2. The minimum Gasteiger partial charge on any atom is -0.396 e. The Hall–Kier alpha value is -0.120. The molecule has 2 saturated carbocycles. The van der Waals surface area contributed by atoms with Gasteiger partial charge in [0, 0.05) is 31.8 Å². The maximum atomic E-state index is 9.14. The van der Waals surface area contributed by atoms with Crippen LogP contribution in [0.2, 0.25) is 0 Å². The SMILES string of the molecule is CNC1CCC(C)(C)CC1CN(CCCO)C1CCC1. The number of nitrogens with zero attached hydrogens (tertiary/aromatic N) is 1. The number of nitrogens with one attached hydrogen (secondary N) is 1. The summed E-state index contributed by atoms with van der Waals surface area (Å²) < 4.78 is 0. The molecule has 0 aromatic heterocycles. The van der Waals surface area contributed by atoms with Crippen molar-refractivity contribution in [2.45, 2.75) is 70.9 Å². The van der Waals surface area contributed by atoms with Crippen LogP contribution in [0.4, 0.5) is 0 Å². The summed E-state index contributed by atoms with van der Waals surface area (Å²) >= 11 is 0. The summed E-state index contributed by atoms with van der Waals surface area (Å²) in [5, 5.41) is 12.7. The summed E-state index contributed by atoms with van der Waals surface area (Å²) in [6.07, 6.45) is 9.04. The first kappa shape index (κ1) is 16.3. The lowest BCUT2D eigenvalue weighted by atomic mass is 9.69. The van der Waals surface area contributed by atoms with Gasteiger partial charge in [0.15, 0.2) is 0 Å². The fraction of sp³-hybridized carbons (Fsp3) is 1.00. The third-order valence-corrected chi connectivity index (χ3v) is 5.55. The second kappa shape index (κ2) is 7.24. The summed E-state index contributed by atoms with van der Waals surface area (Å²) in [6, 6.07) is 1.48. The van der Waals surface area contributed by atoms with Crippen molar-refractivity contribution in [3.63, 3.8) is 0 Å². The highest BCUT2D eigenvalue weighted by atomic mass is 16.3. The van der Waals surface area contributed by atoms with Crippen molar-refractivity contribution >= 4 is 0 Å². The van der Waals surface area contributed by atoms with Crippen molar-refractivity contribution < 1.29 is 5.11 Å². The topological polar surface area (TPSA) is 35.5 Å². The standard InChI is InChI=1S/C17H34N2O/c1-17(2)9-8-16(18-3)14(12-17)13-19(10-5-11-20)15-6-4-7-15/h14-16,18,20H,4-13H2,1-3H3. The van der Waals surface area contributed by atoms with Crippen LogP contribution in [0.5, 0.6) is 0 Å². The van der Waals surface area contributed by atoms with Gasteiger partial charge in [0.1, 0.15) is 0 Å². The number of rotatable bonds is 7. The molecule has 2 unspecified atom stereocenters. The molecule has 0 aromatic rings. The first-order valence-electron chi connectivity index (χ1n) is 8.58. The summed E-state index contributed by atoms with van der Waals surface area (Å²) in [5.41, 5.74) is 0.500. The second-order valence-electron chi connectivity index (χ2n) is 7.72. The highest BCUT2D eigenvalue weighted by molar-refractivity contribution is 4.91. The predicted octanol–water partition coefficient (Wildman–Crippen LogP) is 2.64. The molecule has 0 saturated heterocycles. The molecule has 2 aliphatic rings. The first-order valence-corrected chi connectivity index (χ1v) is 8.58. The minimum absolute atomic E-state index is 0.328. The van der Waals surface area contributed by atoms with Crippen LogP contribution in [0.15, 0.2) is 0 Å². The highest BCUT2D eigenvalue weighted by Gasteiger charge is 2.36. The van der Waals surface area contributed by atoms with E-state index in [4.69, 9.17) is 5.11 Å². The molecular formula is C17H34N2O. The van der Waals surface area contributed by atoms with Gasteiger partial charge < -0.3 is 10.4 Å². The van der Waals surface area contributed by atoms with Gasteiger partial charge in [-0.25, -0.2) is 0 Å². The van der Waals surface area contributed by atoms with Gasteiger partial charge in [-0.3, -0.25) is 4.90 Å². The van der Waals surface area contributed by atoms with Crippen molar-refractivity contribution in [1.29, 1.82) is 0 Å². The Morgan fingerprint density at radius 1 is 1.25 bits per heavy atom. The average molecular weight is 282 g/mol. The lowest BCUT2D eigenvalue weighted by molar-refractivity contribution is 0.0552. The largest absolute Gasteiger partial charge is 0.396 e. The van der Waals surface area contributed by atoms with Gasteiger partial charge in [0.25, 0.3) is 0 Å². The zero-order valence-corrected chi connectivity index (χ0v) is 13.7. The summed E-state index contributed by atoms with van der Waals surface area (Å²) in [6.45, 7) is 7.48. The smallest absolute Gasteiger partial charge is 0.0443 e. The Bertz CT molecular complexity index is 289. The van der Waals surface area contributed by atoms with Crippen molar-refractivity contribution in [3.8, 4) is 0 Å². The molecule has 2 fully saturated rings. The third-order valence-electron chi connectivity index (χ3n) is 5.55. The molecule has 0 spiro atoms. The molecular weight excluding hydrogens is 248 g/mol. The van der Waals surface area contributed by atoms with Crippen LogP contribution in [0.3, 0.4) is 0 Å². The second-order valence-corrected chi connectivity index (χ2v) is 7.72. The van der Waals surface area contributed by atoms with Crippen molar-refractivity contribution in [1.82, 2.24) is 10.2 Å². The van der Waals surface area contributed by atoms with E-state index in [2.05, 4.69) is 31.1 Å². The Labute approximate surface area is 125 Å². The minimum atomic E-state index is 0.328. The van der Waals surface area contributed by atoms with Crippen molar-refractivity contribution in [3.05, 3.63) is 0 Å². The normalized spacial score (nSPS) is 30.4. The first-order chi connectivity index (χ1) is 9.55. The van der Waals surface area contributed by atoms with Crippen LogP contribution in [-0.2, 0) is 0 Å². The summed E-state index contributed by atoms with van der Waals surface area (Å²) in [4.78, 5) is 2.68. The third kappa shape index (κ3) is 4.19. The van der Waals surface area contributed by atoms with Gasteiger partial charge in [0.2, 0.25) is 0 Å². The molecule has 0 radical (unpaired) electrons. The van der Waals surface area contributed by atoms with Gasteiger partial charge >= 0.3 is 0 Å². The van der Waals surface area contributed by atoms with Gasteiger partial charge in [-0.1, -0.05) is 20.3 Å². The number of aliphatic hydroxyl groups is 1. The Morgan fingerprint density at radius 3 is 2.55 bits per heavy atom. The van der Waals surface area contributed by atoms with Crippen LogP contribution in [-0.4, -0.2) is 48.8 Å². The summed E-state index contributed by atoms with van der Waals surface area (Å²) in [7, 11) is 2.12. The number of aliphatic hydroxyl groups excluding tert-OH is 1. The fourth-order valence-corrected chi connectivity index (χ4v) is 4.06. The van der Waals surface area contributed by atoms with E-state index in [0.717, 1.165) is 24.9 Å². The number of hydrogen-bond acceptors (Lipinski definition) is 3. The molecule has 3 heteroatoms. The van der Waals surface area contributed by atoms with Gasteiger partial charge in [-0.15, -0.1) is 0 Å². The van der Waals surface area contributed by atoms with E-state index in [1.807, 2.05) is 0 Å². The van der Waals surface area contributed by atoms with Gasteiger partial charge in [-0.2, -0.15) is 0 Å². The van der Waals surface area contributed by atoms with E-state index in [1.54, 1.807) is 0 Å². The zero-order valence-electron chi connectivity index (χ0n) is 13.7. The molecule has 2 N–H and O–H groups in total.